The van der Waals surface area contributed by atoms with Crippen LogP contribution in [0, 0.1) is 0 Å². The first kappa shape index (κ1) is 14.9. The second-order valence-electron chi connectivity index (χ2n) is 3.54. The van der Waals surface area contributed by atoms with Gasteiger partial charge >= 0.3 is 0 Å². The van der Waals surface area contributed by atoms with Crippen molar-refractivity contribution in [3.05, 3.63) is 31.9 Å². The molecule has 0 fully saturated rings. The zero-order valence-corrected chi connectivity index (χ0v) is 13.3. The van der Waals surface area contributed by atoms with E-state index < -0.39 is 0 Å². The molecule has 0 bridgehead atoms. The zero-order valence-electron chi connectivity index (χ0n) is 9.22. The van der Waals surface area contributed by atoms with Crippen molar-refractivity contribution in [3.8, 4) is 0 Å². The van der Waals surface area contributed by atoms with Gasteiger partial charge in [0.15, 0.2) is 5.13 Å². The Labute approximate surface area is 123 Å². The lowest BCUT2D eigenvalue weighted by Crippen LogP contribution is -2.15. The summed E-state index contributed by atoms with van der Waals surface area (Å²) in [6.07, 6.45) is 1.85. The minimum atomic E-state index is 0. The summed E-state index contributed by atoms with van der Waals surface area (Å²) < 4.78 is 1.18. The van der Waals surface area contributed by atoms with E-state index in [2.05, 4.69) is 45.0 Å². The molecule has 0 aliphatic carbocycles. The van der Waals surface area contributed by atoms with Crippen LogP contribution < -0.4 is 5.73 Å². The van der Waals surface area contributed by atoms with Gasteiger partial charge in [-0.25, -0.2) is 4.98 Å². The number of hydrogen-bond acceptors (Lipinski definition) is 5. The molecule has 17 heavy (non-hydrogen) atoms. The van der Waals surface area contributed by atoms with Gasteiger partial charge in [0, 0.05) is 29.0 Å². The molecule has 2 N–H and O–H groups in total. The normalized spacial score (nSPS) is 10.5. The van der Waals surface area contributed by atoms with E-state index in [0.717, 1.165) is 13.1 Å². The molecule has 0 saturated heterocycles. The average Bonchev–Trinajstić information content (AvgIpc) is 2.76. The maximum atomic E-state index is 5.59. The van der Waals surface area contributed by atoms with Crippen molar-refractivity contribution in [2.24, 2.45) is 0 Å². The third kappa shape index (κ3) is 4.56. The van der Waals surface area contributed by atoms with E-state index >= 15 is 0 Å². The first-order chi connectivity index (χ1) is 7.63. The topological polar surface area (TPSA) is 42.2 Å². The third-order valence-electron chi connectivity index (χ3n) is 2.05. The van der Waals surface area contributed by atoms with Crippen LogP contribution in [0.4, 0.5) is 5.13 Å². The van der Waals surface area contributed by atoms with Gasteiger partial charge in [-0.15, -0.1) is 35.1 Å². The molecule has 2 rings (SSSR count). The lowest BCUT2D eigenvalue weighted by atomic mass is 10.4. The van der Waals surface area contributed by atoms with Crippen molar-refractivity contribution in [2.75, 3.05) is 12.8 Å². The SMILES string of the molecule is CN(Cc1ccc(Br)s1)Cc1cnc(N)s1.Cl. The number of anilines is 1. The summed E-state index contributed by atoms with van der Waals surface area (Å²) in [6, 6.07) is 4.23. The van der Waals surface area contributed by atoms with Crippen LogP contribution in [0.3, 0.4) is 0 Å². The summed E-state index contributed by atoms with van der Waals surface area (Å²) in [5.41, 5.74) is 5.59. The predicted octanol–water partition coefficient (Wildman–Crippen LogP) is 3.60. The van der Waals surface area contributed by atoms with Crippen molar-refractivity contribution < 1.29 is 0 Å². The Hall–Kier alpha value is -0.140. The summed E-state index contributed by atoms with van der Waals surface area (Å²) in [4.78, 5) is 8.86. The second kappa shape index (κ2) is 6.70. The van der Waals surface area contributed by atoms with Gasteiger partial charge in [0.05, 0.1) is 3.79 Å². The van der Waals surface area contributed by atoms with Gasteiger partial charge in [-0.05, 0) is 35.1 Å². The molecule has 2 aromatic heterocycles. The number of hydrogen-bond donors (Lipinski definition) is 1. The summed E-state index contributed by atoms with van der Waals surface area (Å²) in [5.74, 6) is 0. The fourth-order valence-electron chi connectivity index (χ4n) is 1.42. The lowest BCUT2D eigenvalue weighted by Gasteiger charge is -2.13. The number of thiazole rings is 1. The molecular formula is C10H13BrClN3S2. The number of rotatable bonds is 4. The molecule has 2 heterocycles. The molecule has 0 saturated carbocycles. The number of aromatic nitrogens is 1. The minimum Gasteiger partial charge on any atom is -0.375 e. The van der Waals surface area contributed by atoms with Crippen LogP contribution in [0.2, 0.25) is 0 Å². The minimum absolute atomic E-state index is 0. The Balaban J connectivity index is 0.00000144. The molecule has 3 nitrogen and oxygen atoms in total. The molecule has 0 atom stereocenters. The number of nitrogen functional groups attached to an aromatic ring is 1. The maximum Gasteiger partial charge on any atom is 0.180 e. The van der Waals surface area contributed by atoms with Crippen molar-refractivity contribution in [1.29, 1.82) is 0 Å². The zero-order chi connectivity index (χ0) is 11.5. The monoisotopic (exact) mass is 353 g/mol. The van der Waals surface area contributed by atoms with E-state index in [4.69, 9.17) is 5.73 Å². The highest BCUT2D eigenvalue weighted by atomic mass is 79.9. The molecule has 0 spiro atoms. The van der Waals surface area contributed by atoms with E-state index in [0.29, 0.717) is 5.13 Å². The Bertz CT molecular complexity index is 429. The Morgan fingerprint density at radius 2 is 2.00 bits per heavy atom. The summed E-state index contributed by atoms with van der Waals surface area (Å²) in [6.45, 7) is 1.85. The van der Waals surface area contributed by atoms with Crippen LogP contribution in [0.15, 0.2) is 22.1 Å². The first-order valence-corrected chi connectivity index (χ1v) is 7.19. The molecule has 0 aliphatic heterocycles. The molecule has 0 amide bonds. The van der Waals surface area contributed by atoms with Gasteiger partial charge in [0.2, 0.25) is 0 Å². The molecule has 94 valence electrons. The predicted molar refractivity (Wildman–Crippen MR) is 81.0 cm³/mol. The Morgan fingerprint density at radius 1 is 1.29 bits per heavy atom. The lowest BCUT2D eigenvalue weighted by molar-refractivity contribution is 0.325. The number of thiophene rings is 1. The highest BCUT2D eigenvalue weighted by molar-refractivity contribution is 9.11. The summed E-state index contributed by atoms with van der Waals surface area (Å²) >= 11 is 6.79. The van der Waals surface area contributed by atoms with Crippen LogP contribution in [0.1, 0.15) is 9.75 Å². The highest BCUT2D eigenvalue weighted by Gasteiger charge is 2.06. The maximum absolute atomic E-state index is 5.59. The molecule has 0 unspecified atom stereocenters. The van der Waals surface area contributed by atoms with Gasteiger partial charge in [0.1, 0.15) is 0 Å². The molecule has 7 heteroatoms. The van der Waals surface area contributed by atoms with Crippen molar-refractivity contribution in [1.82, 2.24) is 9.88 Å². The summed E-state index contributed by atoms with van der Waals surface area (Å²) in [5, 5.41) is 0.641. The van der Waals surface area contributed by atoms with E-state index in [-0.39, 0.29) is 12.4 Å². The van der Waals surface area contributed by atoms with E-state index in [1.54, 1.807) is 22.7 Å². The smallest absolute Gasteiger partial charge is 0.180 e. The van der Waals surface area contributed by atoms with Crippen LogP contribution in [-0.4, -0.2) is 16.9 Å². The standard InChI is InChI=1S/C10H12BrN3S2.ClH/c1-14(5-7-2-3-9(11)15-7)6-8-4-13-10(12)16-8;/h2-4H,5-6H2,1H3,(H2,12,13);1H. The average molecular weight is 355 g/mol. The van der Waals surface area contributed by atoms with Crippen LogP contribution in [0.25, 0.3) is 0 Å². The van der Waals surface area contributed by atoms with Gasteiger partial charge in [0.25, 0.3) is 0 Å². The quantitative estimate of drug-likeness (QED) is 0.912. The third-order valence-corrected chi connectivity index (χ3v) is 4.47. The van der Waals surface area contributed by atoms with E-state index in [9.17, 15) is 0 Å². The number of halogens is 2. The van der Waals surface area contributed by atoms with Gasteiger partial charge in [-0.2, -0.15) is 0 Å². The Kier molecular flexibility index (Phi) is 5.88. The van der Waals surface area contributed by atoms with Crippen LogP contribution >= 0.6 is 51.0 Å². The summed E-state index contributed by atoms with van der Waals surface area (Å²) in [7, 11) is 2.10. The molecule has 0 radical (unpaired) electrons. The van der Waals surface area contributed by atoms with E-state index in [1.165, 1.54) is 13.5 Å². The van der Waals surface area contributed by atoms with Crippen molar-refractivity contribution >= 4 is 56.1 Å². The molecule has 0 aromatic carbocycles. The number of nitrogens with two attached hydrogens (primary N) is 1. The van der Waals surface area contributed by atoms with E-state index in [1.807, 2.05) is 6.20 Å². The highest BCUT2D eigenvalue weighted by Crippen LogP contribution is 2.24. The molecule has 2 aromatic rings. The van der Waals surface area contributed by atoms with Gasteiger partial charge in [-0.3, -0.25) is 4.90 Å². The van der Waals surface area contributed by atoms with Gasteiger partial charge in [-0.1, -0.05) is 0 Å². The second-order valence-corrected chi connectivity index (χ2v) is 7.24. The van der Waals surface area contributed by atoms with Crippen molar-refractivity contribution in [3.63, 3.8) is 0 Å². The fourth-order valence-corrected chi connectivity index (χ4v) is 3.75. The first-order valence-electron chi connectivity index (χ1n) is 4.76. The molecular weight excluding hydrogens is 342 g/mol. The van der Waals surface area contributed by atoms with Gasteiger partial charge < -0.3 is 5.73 Å². The fraction of sp³-hybridized carbons (Fsp3) is 0.300. The largest absolute Gasteiger partial charge is 0.375 e. The van der Waals surface area contributed by atoms with Crippen molar-refractivity contribution in [2.45, 2.75) is 13.1 Å². The molecule has 0 aliphatic rings. The Morgan fingerprint density at radius 3 is 2.53 bits per heavy atom. The van der Waals surface area contributed by atoms with Crippen LogP contribution in [-0.2, 0) is 13.1 Å². The number of nitrogens with zero attached hydrogens (tertiary/aromatic N) is 2. The van der Waals surface area contributed by atoms with Crippen LogP contribution in [0.5, 0.6) is 0 Å².